The van der Waals surface area contributed by atoms with E-state index in [1.54, 1.807) is 0 Å². The van der Waals surface area contributed by atoms with E-state index in [1.165, 1.54) is 19.2 Å². The zero-order valence-corrected chi connectivity index (χ0v) is 11.6. The van der Waals surface area contributed by atoms with Crippen molar-refractivity contribution in [2.45, 2.75) is 17.4 Å². The summed E-state index contributed by atoms with van der Waals surface area (Å²) in [6.07, 6.45) is 0.692. The van der Waals surface area contributed by atoms with Crippen molar-refractivity contribution in [2.75, 3.05) is 20.2 Å². The molecule has 20 heavy (non-hydrogen) atoms. The summed E-state index contributed by atoms with van der Waals surface area (Å²) in [5, 5.41) is 13.9. The highest BCUT2D eigenvalue weighted by Crippen LogP contribution is 2.29. The highest BCUT2D eigenvalue weighted by Gasteiger charge is 2.25. The molecule has 1 aliphatic rings. The Balaban J connectivity index is 2.31. The van der Waals surface area contributed by atoms with Crippen LogP contribution in [0.15, 0.2) is 23.1 Å². The molecule has 1 fully saturated rings. The molecule has 9 heteroatoms. The van der Waals surface area contributed by atoms with Gasteiger partial charge < -0.3 is 10.1 Å². The van der Waals surface area contributed by atoms with Crippen molar-refractivity contribution in [1.29, 1.82) is 0 Å². The van der Waals surface area contributed by atoms with Gasteiger partial charge in [-0.3, -0.25) is 10.1 Å². The van der Waals surface area contributed by atoms with Gasteiger partial charge in [0, 0.05) is 18.7 Å². The predicted molar refractivity (Wildman–Crippen MR) is 71.2 cm³/mol. The van der Waals surface area contributed by atoms with Gasteiger partial charge in [0.15, 0.2) is 5.75 Å². The van der Waals surface area contributed by atoms with Crippen LogP contribution in [0.2, 0.25) is 0 Å². The molecule has 0 unspecified atom stereocenters. The minimum Gasteiger partial charge on any atom is -0.490 e. The fourth-order valence-corrected chi connectivity index (χ4v) is 3.31. The van der Waals surface area contributed by atoms with Gasteiger partial charge in [-0.2, -0.15) is 0 Å². The van der Waals surface area contributed by atoms with E-state index in [1.807, 2.05) is 0 Å². The molecule has 1 saturated heterocycles. The van der Waals surface area contributed by atoms with Crippen LogP contribution in [0.1, 0.15) is 6.42 Å². The fourth-order valence-electron chi connectivity index (χ4n) is 2.02. The maximum Gasteiger partial charge on any atom is 0.312 e. The first-order valence-corrected chi connectivity index (χ1v) is 7.48. The number of rotatable bonds is 5. The third kappa shape index (κ3) is 3.06. The Kier molecular flexibility index (Phi) is 4.21. The Hall–Kier alpha value is -1.71. The highest BCUT2D eigenvalue weighted by molar-refractivity contribution is 7.89. The molecule has 0 spiro atoms. The number of nitro groups is 1. The minimum absolute atomic E-state index is 0.0245. The maximum atomic E-state index is 12.2. The van der Waals surface area contributed by atoms with Crippen molar-refractivity contribution in [3.05, 3.63) is 28.3 Å². The van der Waals surface area contributed by atoms with Crippen LogP contribution in [0.4, 0.5) is 5.69 Å². The summed E-state index contributed by atoms with van der Waals surface area (Å²) in [5.41, 5.74) is -0.375. The van der Waals surface area contributed by atoms with Crippen LogP contribution >= 0.6 is 0 Å². The smallest absolute Gasteiger partial charge is 0.312 e. The maximum absolute atomic E-state index is 12.2. The van der Waals surface area contributed by atoms with Gasteiger partial charge in [-0.25, -0.2) is 13.1 Å². The summed E-state index contributed by atoms with van der Waals surface area (Å²) >= 11 is 0. The van der Waals surface area contributed by atoms with Crippen LogP contribution < -0.4 is 14.8 Å². The number of hydrogen-bond acceptors (Lipinski definition) is 6. The first kappa shape index (κ1) is 14.7. The van der Waals surface area contributed by atoms with E-state index in [0.29, 0.717) is 13.0 Å². The Labute approximate surface area is 116 Å². The van der Waals surface area contributed by atoms with E-state index >= 15 is 0 Å². The number of sulfonamides is 1. The van der Waals surface area contributed by atoms with E-state index < -0.39 is 14.9 Å². The molecule has 1 aliphatic heterocycles. The molecule has 1 atom stereocenters. The van der Waals surface area contributed by atoms with Crippen molar-refractivity contribution in [3.8, 4) is 5.75 Å². The Morgan fingerprint density at radius 3 is 2.80 bits per heavy atom. The van der Waals surface area contributed by atoms with Crippen molar-refractivity contribution >= 4 is 15.7 Å². The number of nitro benzene ring substituents is 1. The second-order valence-corrected chi connectivity index (χ2v) is 6.12. The molecule has 1 heterocycles. The van der Waals surface area contributed by atoms with Crippen LogP contribution in [-0.4, -0.2) is 39.6 Å². The highest BCUT2D eigenvalue weighted by atomic mass is 32.2. The van der Waals surface area contributed by atoms with E-state index in [4.69, 9.17) is 4.74 Å². The number of benzene rings is 1. The Bertz CT molecular complexity index is 610. The molecule has 1 aromatic rings. The number of ether oxygens (including phenoxy) is 1. The quantitative estimate of drug-likeness (QED) is 0.595. The number of nitrogens with one attached hydrogen (secondary N) is 2. The molecule has 110 valence electrons. The average molecular weight is 301 g/mol. The van der Waals surface area contributed by atoms with E-state index in [-0.39, 0.29) is 22.4 Å². The minimum atomic E-state index is -3.77. The molecular formula is C11H15N3O5S. The first-order chi connectivity index (χ1) is 9.44. The van der Waals surface area contributed by atoms with Crippen LogP contribution in [0.3, 0.4) is 0 Å². The van der Waals surface area contributed by atoms with Gasteiger partial charge in [0.05, 0.1) is 16.9 Å². The third-order valence-electron chi connectivity index (χ3n) is 3.04. The molecule has 1 aromatic carbocycles. The molecular weight excluding hydrogens is 286 g/mol. The van der Waals surface area contributed by atoms with Crippen LogP contribution in [-0.2, 0) is 10.0 Å². The monoisotopic (exact) mass is 301 g/mol. The topological polar surface area (TPSA) is 111 Å². The first-order valence-electron chi connectivity index (χ1n) is 5.99. The summed E-state index contributed by atoms with van der Waals surface area (Å²) < 4.78 is 31.7. The Morgan fingerprint density at radius 1 is 1.50 bits per heavy atom. The van der Waals surface area contributed by atoms with Crippen molar-refractivity contribution in [2.24, 2.45) is 0 Å². The summed E-state index contributed by atoms with van der Waals surface area (Å²) in [6, 6.07) is 3.38. The van der Waals surface area contributed by atoms with Crippen LogP contribution in [0.5, 0.6) is 5.75 Å². The summed E-state index contributed by atoms with van der Waals surface area (Å²) in [6.45, 7) is 1.30. The second-order valence-electron chi connectivity index (χ2n) is 4.40. The van der Waals surface area contributed by atoms with Gasteiger partial charge in [0.1, 0.15) is 0 Å². The molecule has 0 aromatic heterocycles. The lowest BCUT2D eigenvalue weighted by Crippen LogP contribution is -2.36. The van der Waals surface area contributed by atoms with E-state index in [0.717, 1.165) is 12.6 Å². The zero-order chi connectivity index (χ0) is 14.8. The van der Waals surface area contributed by atoms with Crippen molar-refractivity contribution in [1.82, 2.24) is 10.0 Å². The summed E-state index contributed by atoms with van der Waals surface area (Å²) in [4.78, 5) is 10.1. The summed E-state index contributed by atoms with van der Waals surface area (Å²) in [5.74, 6) is 0.0245. The van der Waals surface area contributed by atoms with Crippen molar-refractivity contribution < 1.29 is 18.1 Å². The van der Waals surface area contributed by atoms with E-state index in [2.05, 4.69) is 10.0 Å². The van der Waals surface area contributed by atoms with Gasteiger partial charge >= 0.3 is 5.69 Å². The lowest BCUT2D eigenvalue weighted by atomic mass is 10.3. The van der Waals surface area contributed by atoms with Crippen LogP contribution in [0, 0.1) is 10.1 Å². The average Bonchev–Trinajstić information content (AvgIpc) is 2.89. The van der Waals surface area contributed by atoms with Crippen LogP contribution in [0.25, 0.3) is 0 Å². The number of nitrogens with zero attached hydrogens (tertiary/aromatic N) is 1. The number of methoxy groups -OCH3 is 1. The standard InChI is InChI=1S/C11H15N3O5S/c1-19-11-3-2-9(6-10(11)14(15)16)20(17,18)13-8-4-5-12-7-8/h2-3,6,8,12-13H,4-5,7H2,1H3/t8-/m0/s1. The van der Waals surface area contributed by atoms with Gasteiger partial charge in [-0.1, -0.05) is 0 Å². The van der Waals surface area contributed by atoms with Crippen molar-refractivity contribution in [3.63, 3.8) is 0 Å². The molecule has 8 nitrogen and oxygen atoms in total. The molecule has 2 N–H and O–H groups in total. The summed E-state index contributed by atoms with van der Waals surface area (Å²) in [7, 11) is -2.48. The molecule has 0 bridgehead atoms. The van der Waals surface area contributed by atoms with Gasteiger partial charge in [-0.05, 0) is 25.1 Å². The lowest BCUT2D eigenvalue weighted by Gasteiger charge is -2.12. The number of hydrogen-bond donors (Lipinski definition) is 2. The zero-order valence-electron chi connectivity index (χ0n) is 10.8. The fraction of sp³-hybridized carbons (Fsp3) is 0.455. The lowest BCUT2D eigenvalue weighted by molar-refractivity contribution is -0.386. The van der Waals surface area contributed by atoms with Gasteiger partial charge in [-0.15, -0.1) is 0 Å². The molecule has 0 saturated carbocycles. The molecule has 0 amide bonds. The van der Waals surface area contributed by atoms with Gasteiger partial charge in [0.2, 0.25) is 10.0 Å². The van der Waals surface area contributed by atoms with Gasteiger partial charge in [0.25, 0.3) is 0 Å². The largest absolute Gasteiger partial charge is 0.490 e. The molecule has 0 aliphatic carbocycles. The van der Waals surface area contributed by atoms with E-state index in [9.17, 15) is 18.5 Å². The predicted octanol–water partition coefficient (Wildman–Crippen LogP) is 0.244. The molecule has 0 radical (unpaired) electrons. The second kappa shape index (κ2) is 5.73. The molecule has 2 rings (SSSR count). The SMILES string of the molecule is COc1ccc(S(=O)(=O)N[C@H]2CCNC2)cc1[N+](=O)[O-]. The Morgan fingerprint density at radius 2 is 2.25 bits per heavy atom. The normalized spacial score (nSPS) is 18.9. The third-order valence-corrected chi connectivity index (χ3v) is 4.56.